The Morgan fingerprint density at radius 3 is 2.80 bits per heavy atom. The summed E-state index contributed by atoms with van der Waals surface area (Å²) in [6, 6.07) is 13.3. The van der Waals surface area contributed by atoms with Crippen LogP contribution >= 0.6 is 23.1 Å². The molecule has 1 aliphatic heterocycles. The quantitative estimate of drug-likeness (QED) is 0.674. The smallest absolute Gasteiger partial charge is 0.245 e. The molecule has 0 aliphatic carbocycles. The molecule has 3 heterocycles. The van der Waals surface area contributed by atoms with Gasteiger partial charge in [0.05, 0.1) is 5.52 Å². The third-order valence-corrected chi connectivity index (χ3v) is 8.75. The molecule has 0 spiro atoms. The van der Waals surface area contributed by atoms with Crippen molar-refractivity contribution < 1.29 is 8.42 Å². The summed E-state index contributed by atoms with van der Waals surface area (Å²) in [7, 11) is -3.54. The second-order valence-corrected chi connectivity index (χ2v) is 10.1. The number of para-hydroxylation sites is 1. The number of thioether (sulfide) groups is 1. The van der Waals surface area contributed by atoms with E-state index in [0.717, 1.165) is 17.6 Å². The Balaban J connectivity index is 1.64. The molecule has 4 rings (SSSR count). The largest absolute Gasteiger partial charge is 0.255 e. The first-order valence-electron chi connectivity index (χ1n) is 8.15. The van der Waals surface area contributed by atoms with Gasteiger partial charge in [-0.3, -0.25) is 4.98 Å². The van der Waals surface area contributed by atoms with Crippen molar-refractivity contribution in [1.29, 1.82) is 0 Å². The predicted molar refractivity (Wildman–Crippen MR) is 105 cm³/mol. The molecule has 1 saturated heterocycles. The molecule has 7 heteroatoms. The Labute approximate surface area is 155 Å². The van der Waals surface area contributed by atoms with Crippen LogP contribution in [-0.2, 0) is 10.0 Å². The van der Waals surface area contributed by atoms with Crippen molar-refractivity contribution in [1.82, 2.24) is 9.29 Å². The fraction of sp³-hybridized carbons (Fsp3) is 0.278. The van der Waals surface area contributed by atoms with Crippen molar-refractivity contribution in [3.63, 3.8) is 0 Å². The molecule has 4 nitrogen and oxygen atoms in total. The molecule has 1 unspecified atom stereocenters. The van der Waals surface area contributed by atoms with Crippen LogP contribution in [0.3, 0.4) is 0 Å². The van der Waals surface area contributed by atoms with E-state index in [1.807, 2.05) is 30.0 Å². The van der Waals surface area contributed by atoms with Gasteiger partial charge in [0.15, 0.2) is 0 Å². The van der Waals surface area contributed by atoms with Gasteiger partial charge in [0.2, 0.25) is 10.0 Å². The number of sulfonamides is 1. The number of hydrogen-bond donors (Lipinski definition) is 0. The number of fused-ring (bicyclic) bond motifs is 1. The van der Waals surface area contributed by atoms with Gasteiger partial charge in [0.1, 0.15) is 4.90 Å². The zero-order valence-electron chi connectivity index (χ0n) is 13.5. The number of aromatic nitrogens is 1. The molecule has 0 radical (unpaired) electrons. The molecule has 0 bridgehead atoms. The van der Waals surface area contributed by atoms with Crippen LogP contribution in [-0.4, -0.2) is 36.5 Å². The average molecular weight is 391 g/mol. The maximum absolute atomic E-state index is 13.2. The van der Waals surface area contributed by atoms with E-state index in [4.69, 9.17) is 0 Å². The summed E-state index contributed by atoms with van der Waals surface area (Å²) in [5.74, 6) is 0.806. The second kappa shape index (κ2) is 7.07. The normalized spacial score (nSPS) is 19.8. The topological polar surface area (TPSA) is 50.3 Å². The minimum Gasteiger partial charge on any atom is -0.255 e. The monoisotopic (exact) mass is 390 g/mol. The summed E-state index contributed by atoms with van der Waals surface area (Å²) < 4.78 is 28.1. The number of nitrogens with zero attached hydrogens (tertiary/aromatic N) is 2. The van der Waals surface area contributed by atoms with E-state index in [-0.39, 0.29) is 0 Å². The Bertz CT molecular complexity index is 966. The number of benzene rings is 1. The lowest BCUT2D eigenvalue weighted by molar-refractivity contribution is 0.429. The lowest BCUT2D eigenvalue weighted by Gasteiger charge is -2.20. The van der Waals surface area contributed by atoms with Gasteiger partial charge in [-0.05, 0) is 30.0 Å². The third-order valence-electron chi connectivity index (χ3n) is 4.37. The fourth-order valence-electron chi connectivity index (χ4n) is 3.12. The van der Waals surface area contributed by atoms with E-state index in [1.54, 1.807) is 34.0 Å². The second-order valence-electron chi connectivity index (χ2n) is 5.90. The van der Waals surface area contributed by atoms with Gasteiger partial charge < -0.3 is 0 Å². The van der Waals surface area contributed by atoms with Crippen molar-refractivity contribution in [2.75, 3.05) is 18.8 Å². The predicted octanol–water partition coefficient (Wildman–Crippen LogP) is 4.17. The minimum absolute atomic E-state index is 0.310. The summed E-state index contributed by atoms with van der Waals surface area (Å²) in [5.41, 5.74) is 0.553. The molecule has 3 aromatic rings. The van der Waals surface area contributed by atoms with Crippen LogP contribution < -0.4 is 0 Å². The molecular formula is C18H18N2O2S3. The summed E-state index contributed by atoms with van der Waals surface area (Å²) in [4.78, 5) is 5.95. The lowest BCUT2D eigenvalue weighted by Crippen LogP contribution is -2.33. The molecule has 0 saturated carbocycles. The minimum atomic E-state index is -3.54. The third kappa shape index (κ3) is 3.33. The van der Waals surface area contributed by atoms with Crippen LogP contribution in [0.4, 0.5) is 0 Å². The Kier molecular flexibility index (Phi) is 4.82. The maximum Gasteiger partial charge on any atom is 0.245 e. The molecular weight excluding hydrogens is 372 g/mol. The molecule has 25 heavy (non-hydrogen) atoms. The van der Waals surface area contributed by atoms with Crippen LogP contribution in [0.1, 0.15) is 16.5 Å². The first kappa shape index (κ1) is 17.0. The Morgan fingerprint density at radius 1 is 1.08 bits per heavy atom. The van der Waals surface area contributed by atoms with Crippen molar-refractivity contribution in [2.24, 2.45) is 0 Å². The highest BCUT2D eigenvalue weighted by atomic mass is 32.2. The van der Waals surface area contributed by atoms with Crippen LogP contribution in [0.15, 0.2) is 58.9 Å². The summed E-state index contributed by atoms with van der Waals surface area (Å²) in [6.07, 6.45) is 2.48. The van der Waals surface area contributed by atoms with Crippen molar-refractivity contribution in [3.8, 4) is 0 Å². The lowest BCUT2D eigenvalue weighted by atomic mass is 10.2. The van der Waals surface area contributed by atoms with Crippen LogP contribution in [0.25, 0.3) is 10.9 Å². The first-order valence-corrected chi connectivity index (χ1v) is 11.5. The standard InChI is InChI=1S/C18H18N2O2S3/c21-25(22,17-7-1-4-14-5-2-9-19-18(14)17)20-10-8-16(24-13-11-20)15-6-3-12-23-15/h1-7,9,12,16H,8,10-11,13H2. The molecule has 1 aliphatic rings. The van der Waals surface area contributed by atoms with Crippen LogP contribution in [0.5, 0.6) is 0 Å². The number of thiophene rings is 1. The fourth-order valence-corrected chi connectivity index (χ4v) is 7.09. The van der Waals surface area contributed by atoms with Crippen molar-refractivity contribution in [2.45, 2.75) is 16.6 Å². The number of hydrogen-bond acceptors (Lipinski definition) is 5. The highest BCUT2D eigenvalue weighted by Gasteiger charge is 2.30. The molecule has 1 aromatic carbocycles. The van der Waals surface area contributed by atoms with Gasteiger partial charge in [-0.2, -0.15) is 16.1 Å². The van der Waals surface area contributed by atoms with E-state index in [0.29, 0.717) is 28.8 Å². The molecule has 1 fully saturated rings. The van der Waals surface area contributed by atoms with Gasteiger partial charge in [-0.25, -0.2) is 8.42 Å². The van der Waals surface area contributed by atoms with E-state index in [1.165, 1.54) is 4.88 Å². The number of rotatable bonds is 3. The molecule has 1 atom stereocenters. The van der Waals surface area contributed by atoms with Crippen molar-refractivity contribution in [3.05, 3.63) is 58.9 Å². The van der Waals surface area contributed by atoms with Gasteiger partial charge in [-0.1, -0.05) is 24.3 Å². The van der Waals surface area contributed by atoms with E-state index >= 15 is 0 Å². The zero-order chi connectivity index (χ0) is 17.3. The van der Waals surface area contributed by atoms with E-state index < -0.39 is 10.0 Å². The summed E-state index contributed by atoms with van der Waals surface area (Å²) >= 11 is 3.60. The Morgan fingerprint density at radius 2 is 1.96 bits per heavy atom. The zero-order valence-corrected chi connectivity index (χ0v) is 16.0. The summed E-state index contributed by atoms with van der Waals surface area (Å²) in [6.45, 7) is 1.08. The SMILES string of the molecule is O=S(=O)(c1cccc2cccnc12)N1CCSC(c2cccs2)CC1. The molecule has 0 amide bonds. The van der Waals surface area contributed by atoms with Gasteiger partial charge in [-0.15, -0.1) is 11.3 Å². The van der Waals surface area contributed by atoms with E-state index in [9.17, 15) is 8.42 Å². The van der Waals surface area contributed by atoms with Gasteiger partial charge in [0.25, 0.3) is 0 Å². The van der Waals surface area contributed by atoms with Crippen LogP contribution in [0.2, 0.25) is 0 Å². The number of pyridine rings is 1. The molecule has 0 N–H and O–H groups in total. The summed E-state index contributed by atoms with van der Waals surface area (Å²) in [5, 5.41) is 3.31. The van der Waals surface area contributed by atoms with E-state index in [2.05, 4.69) is 22.5 Å². The van der Waals surface area contributed by atoms with Crippen molar-refractivity contribution >= 4 is 44.0 Å². The highest BCUT2D eigenvalue weighted by Crippen LogP contribution is 2.38. The van der Waals surface area contributed by atoms with Gasteiger partial charge >= 0.3 is 0 Å². The Hall–Kier alpha value is -1.41. The first-order chi connectivity index (χ1) is 12.2. The van der Waals surface area contributed by atoms with Crippen LogP contribution in [0, 0.1) is 0 Å². The average Bonchev–Trinajstić information content (AvgIpc) is 3.05. The molecule has 2 aromatic heterocycles. The molecule has 130 valence electrons. The highest BCUT2D eigenvalue weighted by molar-refractivity contribution is 7.99. The maximum atomic E-state index is 13.2. The van der Waals surface area contributed by atoms with Gasteiger partial charge in [0, 0.05) is 40.6 Å².